The summed E-state index contributed by atoms with van der Waals surface area (Å²) in [7, 11) is 0. The molecule has 1 heterocycles. The molecule has 98 valence electrons. The number of halogens is 3. The topological polar surface area (TPSA) is 15.3 Å². The van der Waals surface area contributed by atoms with E-state index < -0.39 is 11.7 Å². The number of hydrogen-bond donors (Lipinski definition) is 1. The summed E-state index contributed by atoms with van der Waals surface area (Å²) >= 11 is 0. The molecule has 0 aromatic heterocycles. The molecule has 0 radical (unpaired) electrons. The van der Waals surface area contributed by atoms with Gasteiger partial charge in [0, 0.05) is 25.2 Å². The Labute approximate surface area is 99.5 Å². The van der Waals surface area contributed by atoms with E-state index in [0.717, 1.165) is 0 Å². The average molecular weight is 248 g/mol. The van der Waals surface area contributed by atoms with Gasteiger partial charge in [0.2, 0.25) is 0 Å². The van der Waals surface area contributed by atoms with Gasteiger partial charge in [0.15, 0.2) is 0 Å². The number of nitrogens with zero attached hydrogens (tertiary/aromatic N) is 1. The van der Waals surface area contributed by atoms with Gasteiger partial charge >= 0.3 is 6.18 Å². The Hall–Kier alpha value is -0.290. The molecule has 3 rings (SSSR count). The van der Waals surface area contributed by atoms with Gasteiger partial charge in [-0.1, -0.05) is 0 Å². The summed E-state index contributed by atoms with van der Waals surface area (Å²) in [6.07, 6.45) is -1.12. The van der Waals surface area contributed by atoms with Crippen molar-refractivity contribution in [3.8, 4) is 0 Å². The molecular weight excluding hydrogens is 229 g/mol. The van der Waals surface area contributed by atoms with Crippen molar-refractivity contribution in [1.29, 1.82) is 0 Å². The van der Waals surface area contributed by atoms with Crippen molar-refractivity contribution in [2.45, 2.75) is 56.4 Å². The Morgan fingerprint density at radius 3 is 2.35 bits per heavy atom. The van der Waals surface area contributed by atoms with Crippen LogP contribution in [0.4, 0.5) is 13.2 Å². The van der Waals surface area contributed by atoms with Crippen molar-refractivity contribution >= 4 is 0 Å². The Kier molecular flexibility index (Phi) is 2.50. The van der Waals surface area contributed by atoms with Gasteiger partial charge in [-0.3, -0.25) is 4.90 Å². The second kappa shape index (κ2) is 3.60. The zero-order chi connectivity index (χ0) is 12.3. The molecule has 3 aliphatic rings. The maximum absolute atomic E-state index is 13.1. The molecule has 17 heavy (non-hydrogen) atoms. The lowest BCUT2D eigenvalue weighted by Gasteiger charge is -2.44. The van der Waals surface area contributed by atoms with E-state index in [2.05, 4.69) is 5.32 Å². The number of nitrogens with one attached hydrogen (secondary N) is 1. The van der Waals surface area contributed by atoms with E-state index in [1.165, 1.54) is 12.8 Å². The minimum absolute atomic E-state index is 0.00544. The van der Waals surface area contributed by atoms with E-state index in [9.17, 15) is 13.2 Å². The second-order valence-electron chi connectivity index (χ2n) is 5.88. The molecule has 2 unspecified atom stereocenters. The molecule has 5 heteroatoms. The molecule has 1 aliphatic heterocycles. The largest absolute Gasteiger partial charge is 0.406 e. The first-order valence-electron chi connectivity index (χ1n) is 6.51. The van der Waals surface area contributed by atoms with Crippen LogP contribution in [0.2, 0.25) is 0 Å². The Bertz CT molecular complexity index is 307. The van der Waals surface area contributed by atoms with Crippen LogP contribution in [0.1, 0.15) is 32.6 Å². The van der Waals surface area contributed by atoms with Crippen molar-refractivity contribution in [3.63, 3.8) is 0 Å². The van der Waals surface area contributed by atoms with Crippen molar-refractivity contribution in [2.75, 3.05) is 13.1 Å². The first-order valence-corrected chi connectivity index (χ1v) is 6.51. The fourth-order valence-corrected chi connectivity index (χ4v) is 3.15. The van der Waals surface area contributed by atoms with Crippen molar-refractivity contribution in [1.82, 2.24) is 10.2 Å². The minimum Gasteiger partial charge on any atom is -0.311 e. The molecule has 1 N–H and O–H groups in total. The lowest BCUT2D eigenvalue weighted by molar-refractivity contribution is -0.205. The smallest absolute Gasteiger partial charge is 0.311 e. The first kappa shape index (κ1) is 11.8. The van der Waals surface area contributed by atoms with Gasteiger partial charge in [0.1, 0.15) is 5.54 Å². The molecule has 2 atom stereocenters. The first-order chi connectivity index (χ1) is 7.94. The molecular formula is C12H19F3N2. The normalized spacial score (nSPS) is 38.1. The van der Waals surface area contributed by atoms with Crippen LogP contribution in [-0.4, -0.2) is 41.8 Å². The molecule has 0 aromatic rings. The highest BCUT2D eigenvalue weighted by molar-refractivity contribution is 5.13. The third-order valence-corrected chi connectivity index (χ3v) is 4.59. The van der Waals surface area contributed by atoms with Crippen LogP contribution in [-0.2, 0) is 0 Å². The zero-order valence-electron chi connectivity index (χ0n) is 10.1. The van der Waals surface area contributed by atoms with Crippen molar-refractivity contribution in [2.24, 2.45) is 5.92 Å². The fourth-order valence-electron chi connectivity index (χ4n) is 3.15. The molecule has 2 aliphatic carbocycles. The highest BCUT2D eigenvalue weighted by Gasteiger charge is 2.67. The van der Waals surface area contributed by atoms with E-state index in [0.29, 0.717) is 19.0 Å². The van der Waals surface area contributed by atoms with Crippen LogP contribution in [0, 0.1) is 5.92 Å². The molecule has 2 saturated carbocycles. The van der Waals surface area contributed by atoms with Gasteiger partial charge in [-0.15, -0.1) is 0 Å². The number of hydrogen-bond acceptors (Lipinski definition) is 2. The Morgan fingerprint density at radius 2 is 1.88 bits per heavy atom. The van der Waals surface area contributed by atoms with Crippen LogP contribution in [0.3, 0.4) is 0 Å². The maximum atomic E-state index is 13.1. The lowest BCUT2D eigenvalue weighted by atomic mass is 10.0. The van der Waals surface area contributed by atoms with Gasteiger partial charge in [-0.05, 0) is 38.5 Å². The summed E-state index contributed by atoms with van der Waals surface area (Å²) in [6, 6.07) is 0.278. The predicted octanol–water partition coefficient (Wildman–Crippen LogP) is 2.15. The molecule has 0 spiro atoms. The highest BCUT2D eigenvalue weighted by atomic mass is 19.4. The summed E-state index contributed by atoms with van der Waals surface area (Å²) in [5.41, 5.74) is -1.48. The maximum Gasteiger partial charge on any atom is 0.406 e. The molecule has 0 aromatic carbocycles. The molecule has 2 nitrogen and oxygen atoms in total. The Balaban J connectivity index is 1.76. The van der Waals surface area contributed by atoms with E-state index in [1.807, 2.05) is 6.92 Å². The minimum atomic E-state index is -4.06. The summed E-state index contributed by atoms with van der Waals surface area (Å²) < 4.78 is 39.4. The van der Waals surface area contributed by atoms with E-state index in [1.54, 1.807) is 4.90 Å². The SMILES string of the molecule is CC1CNC(C2CC2)CN1C1(C(F)(F)F)CC1. The monoisotopic (exact) mass is 248 g/mol. The molecule has 0 amide bonds. The second-order valence-corrected chi connectivity index (χ2v) is 5.88. The van der Waals surface area contributed by atoms with Crippen molar-refractivity contribution in [3.05, 3.63) is 0 Å². The van der Waals surface area contributed by atoms with Crippen LogP contribution in [0.15, 0.2) is 0 Å². The third kappa shape index (κ3) is 1.87. The number of alkyl halides is 3. The van der Waals surface area contributed by atoms with Gasteiger partial charge in [0.05, 0.1) is 0 Å². The van der Waals surface area contributed by atoms with Gasteiger partial charge < -0.3 is 5.32 Å². The number of piperazine rings is 1. The van der Waals surface area contributed by atoms with Crippen molar-refractivity contribution < 1.29 is 13.2 Å². The van der Waals surface area contributed by atoms with Gasteiger partial charge in [-0.25, -0.2) is 0 Å². The average Bonchev–Trinajstić information content (AvgIpc) is 3.12. The summed E-state index contributed by atoms with van der Waals surface area (Å²) in [6.45, 7) is 3.17. The molecule has 3 fully saturated rings. The summed E-state index contributed by atoms with van der Waals surface area (Å²) in [5, 5.41) is 3.40. The van der Waals surface area contributed by atoms with Gasteiger partial charge in [0.25, 0.3) is 0 Å². The van der Waals surface area contributed by atoms with Crippen LogP contribution in [0.5, 0.6) is 0 Å². The van der Waals surface area contributed by atoms with E-state index in [-0.39, 0.29) is 24.9 Å². The number of rotatable bonds is 2. The van der Waals surface area contributed by atoms with Crippen LogP contribution >= 0.6 is 0 Å². The highest BCUT2D eigenvalue weighted by Crippen LogP contribution is 2.55. The molecule has 0 bridgehead atoms. The standard InChI is InChI=1S/C12H19F3N2/c1-8-6-16-10(9-2-3-9)7-17(8)11(4-5-11)12(13,14)15/h8-10,16H,2-7H2,1H3. The van der Waals surface area contributed by atoms with Gasteiger partial charge in [-0.2, -0.15) is 13.2 Å². The lowest BCUT2D eigenvalue weighted by Crippen LogP contribution is -2.63. The van der Waals surface area contributed by atoms with E-state index >= 15 is 0 Å². The quantitative estimate of drug-likeness (QED) is 0.805. The van der Waals surface area contributed by atoms with Crippen LogP contribution < -0.4 is 5.32 Å². The summed E-state index contributed by atoms with van der Waals surface area (Å²) in [5.74, 6) is 0.619. The molecule has 1 saturated heterocycles. The summed E-state index contributed by atoms with van der Waals surface area (Å²) in [4.78, 5) is 1.73. The third-order valence-electron chi connectivity index (χ3n) is 4.59. The predicted molar refractivity (Wildman–Crippen MR) is 58.7 cm³/mol. The van der Waals surface area contributed by atoms with E-state index in [4.69, 9.17) is 0 Å². The zero-order valence-corrected chi connectivity index (χ0v) is 10.1. The Morgan fingerprint density at radius 1 is 1.24 bits per heavy atom. The fraction of sp³-hybridized carbons (Fsp3) is 1.00. The van der Waals surface area contributed by atoms with Crippen LogP contribution in [0.25, 0.3) is 0 Å².